The molecule has 70 valence electrons. The Bertz CT molecular complexity index is 327. The van der Waals surface area contributed by atoms with Crippen LogP contribution in [0.2, 0.25) is 5.22 Å². The topological polar surface area (TPSA) is 33.4 Å². The van der Waals surface area contributed by atoms with E-state index in [1.165, 1.54) is 0 Å². The van der Waals surface area contributed by atoms with Crippen molar-refractivity contribution >= 4 is 11.6 Å². The third kappa shape index (κ3) is 1.79. The first kappa shape index (κ1) is 8.85. The molecule has 1 aliphatic rings. The van der Waals surface area contributed by atoms with E-state index < -0.39 is 6.10 Å². The number of halogens is 1. The molecule has 2 nitrogen and oxygen atoms in total. The second-order valence-corrected chi connectivity index (χ2v) is 3.59. The van der Waals surface area contributed by atoms with Crippen LogP contribution in [-0.4, -0.2) is 5.11 Å². The molecule has 0 saturated heterocycles. The number of aliphatic hydroxyl groups excluding tert-OH is 1. The summed E-state index contributed by atoms with van der Waals surface area (Å²) < 4.78 is 5.13. The lowest BCUT2D eigenvalue weighted by atomic mass is 10.1. The van der Waals surface area contributed by atoms with Gasteiger partial charge in [0.15, 0.2) is 5.22 Å². The monoisotopic (exact) mass is 198 g/mol. The summed E-state index contributed by atoms with van der Waals surface area (Å²) in [6, 6.07) is 3.36. The van der Waals surface area contributed by atoms with Gasteiger partial charge in [-0.25, -0.2) is 0 Å². The van der Waals surface area contributed by atoms with Crippen LogP contribution in [0.3, 0.4) is 0 Å². The second kappa shape index (κ2) is 3.56. The average Bonchev–Trinajstić information content (AvgIpc) is 2.72. The Hall–Kier alpha value is -0.730. The normalized spacial score (nSPS) is 18.8. The molecule has 0 saturated carbocycles. The van der Waals surface area contributed by atoms with Gasteiger partial charge >= 0.3 is 0 Å². The lowest BCUT2D eigenvalue weighted by Crippen LogP contribution is -1.97. The van der Waals surface area contributed by atoms with E-state index in [9.17, 15) is 5.11 Å². The van der Waals surface area contributed by atoms with E-state index in [2.05, 4.69) is 6.08 Å². The number of rotatable bonds is 2. The van der Waals surface area contributed by atoms with E-state index >= 15 is 0 Å². The molecule has 1 N–H and O–H groups in total. The fourth-order valence-corrected chi connectivity index (χ4v) is 1.75. The second-order valence-electron chi connectivity index (χ2n) is 3.22. The van der Waals surface area contributed by atoms with E-state index in [0.717, 1.165) is 24.8 Å². The summed E-state index contributed by atoms with van der Waals surface area (Å²) in [6.07, 6.45) is 4.61. The molecule has 0 radical (unpaired) electrons. The molecule has 0 amide bonds. The largest absolute Gasteiger partial charge is 0.447 e. The average molecular weight is 199 g/mol. The van der Waals surface area contributed by atoms with Crippen molar-refractivity contribution in [1.82, 2.24) is 0 Å². The summed E-state index contributed by atoms with van der Waals surface area (Å²) in [7, 11) is 0. The highest BCUT2D eigenvalue weighted by Crippen LogP contribution is 2.31. The Balaban J connectivity index is 2.16. The van der Waals surface area contributed by atoms with Crippen LogP contribution in [0, 0.1) is 0 Å². The first-order valence-corrected chi connectivity index (χ1v) is 4.77. The smallest absolute Gasteiger partial charge is 0.193 e. The van der Waals surface area contributed by atoms with E-state index in [-0.39, 0.29) is 0 Å². The van der Waals surface area contributed by atoms with Gasteiger partial charge in [0.25, 0.3) is 0 Å². The van der Waals surface area contributed by atoms with E-state index in [1.54, 1.807) is 12.1 Å². The highest BCUT2D eigenvalue weighted by molar-refractivity contribution is 6.28. The van der Waals surface area contributed by atoms with Gasteiger partial charge in [-0.2, -0.15) is 0 Å². The summed E-state index contributed by atoms with van der Waals surface area (Å²) in [6.45, 7) is 0. The standard InChI is InChI=1S/C10H11ClO2/c11-9-6-5-8(13-9)10(12)7-3-1-2-4-7/h3,5-6,10,12H,1-2,4H2. The van der Waals surface area contributed by atoms with Crippen LogP contribution in [0.1, 0.15) is 31.1 Å². The SMILES string of the molecule is OC(C1=CCCC1)c1ccc(Cl)o1. The third-order valence-electron chi connectivity index (χ3n) is 2.29. The molecule has 13 heavy (non-hydrogen) atoms. The van der Waals surface area contributed by atoms with E-state index in [0.29, 0.717) is 11.0 Å². The predicted octanol–water partition coefficient (Wildman–Crippen LogP) is 3.08. The van der Waals surface area contributed by atoms with Crippen molar-refractivity contribution < 1.29 is 9.52 Å². The Labute approximate surface area is 81.8 Å². The Morgan fingerprint density at radius 2 is 2.31 bits per heavy atom. The molecule has 0 bridgehead atoms. The van der Waals surface area contributed by atoms with Crippen molar-refractivity contribution in [2.75, 3.05) is 0 Å². The molecule has 0 aromatic carbocycles. The van der Waals surface area contributed by atoms with Crippen LogP contribution < -0.4 is 0 Å². The van der Waals surface area contributed by atoms with Gasteiger partial charge in [0.2, 0.25) is 0 Å². The maximum atomic E-state index is 9.81. The molecule has 2 rings (SSSR count). The molecule has 1 heterocycles. The van der Waals surface area contributed by atoms with Gasteiger partial charge in [0.1, 0.15) is 11.9 Å². The zero-order valence-electron chi connectivity index (χ0n) is 7.16. The minimum atomic E-state index is -0.602. The highest BCUT2D eigenvalue weighted by atomic mass is 35.5. The zero-order chi connectivity index (χ0) is 9.26. The first-order chi connectivity index (χ1) is 6.27. The van der Waals surface area contributed by atoms with Gasteiger partial charge in [-0.05, 0) is 48.6 Å². The molecule has 1 aromatic rings. The Morgan fingerprint density at radius 3 is 2.85 bits per heavy atom. The van der Waals surface area contributed by atoms with Crippen LogP contribution in [0.25, 0.3) is 0 Å². The zero-order valence-corrected chi connectivity index (χ0v) is 7.92. The van der Waals surface area contributed by atoms with E-state index in [1.807, 2.05) is 0 Å². The van der Waals surface area contributed by atoms with Gasteiger partial charge in [0.05, 0.1) is 0 Å². The summed E-state index contributed by atoms with van der Waals surface area (Å²) >= 11 is 5.61. The van der Waals surface area contributed by atoms with Gasteiger partial charge in [-0.1, -0.05) is 6.08 Å². The molecule has 1 aromatic heterocycles. The number of furan rings is 1. The van der Waals surface area contributed by atoms with Crippen molar-refractivity contribution in [1.29, 1.82) is 0 Å². The summed E-state index contributed by atoms with van der Waals surface area (Å²) in [5.41, 5.74) is 1.05. The van der Waals surface area contributed by atoms with Crippen LogP contribution in [0.5, 0.6) is 0 Å². The van der Waals surface area contributed by atoms with Crippen molar-refractivity contribution in [2.45, 2.75) is 25.4 Å². The quantitative estimate of drug-likeness (QED) is 0.741. The minimum Gasteiger partial charge on any atom is -0.447 e. The van der Waals surface area contributed by atoms with Crippen LogP contribution in [0.4, 0.5) is 0 Å². The number of allylic oxidation sites excluding steroid dienone is 1. The molecule has 1 aliphatic carbocycles. The summed E-state index contributed by atoms with van der Waals surface area (Å²) in [5, 5.41) is 10.1. The fourth-order valence-electron chi connectivity index (χ4n) is 1.60. The molecule has 0 fully saturated rings. The van der Waals surface area contributed by atoms with Crippen molar-refractivity contribution in [3.8, 4) is 0 Å². The number of aliphatic hydroxyl groups is 1. The van der Waals surface area contributed by atoms with Crippen LogP contribution in [-0.2, 0) is 0 Å². The molecular formula is C10H11ClO2. The highest BCUT2D eigenvalue weighted by Gasteiger charge is 2.18. The van der Waals surface area contributed by atoms with Gasteiger partial charge in [-0.15, -0.1) is 0 Å². The lowest BCUT2D eigenvalue weighted by Gasteiger charge is -2.07. The molecule has 0 aliphatic heterocycles. The lowest BCUT2D eigenvalue weighted by molar-refractivity contribution is 0.182. The molecule has 0 spiro atoms. The first-order valence-electron chi connectivity index (χ1n) is 4.39. The van der Waals surface area contributed by atoms with Gasteiger partial charge in [-0.3, -0.25) is 0 Å². The minimum absolute atomic E-state index is 0.327. The maximum Gasteiger partial charge on any atom is 0.193 e. The number of hydrogen-bond acceptors (Lipinski definition) is 2. The van der Waals surface area contributed by atoms with Gasteiger partial charge in [0, 0.05) is 0 Å². The Kier molecular flexibility index (Phi) is 2.42. The Morgan fingerprint density at radius 1 is 1.46 bits per heavy atom. The summed E-state index contributed by atoms with van der Waals surface area (Å²) in [4.78, 5) is 0. The van der Waals surface area contributed by atoms with E-state index in [4.69, 9.17) is 16.0 Å². The fraction of sp³-hybridized carbons (Fsp3) is 0.400. The molecule has 1 unspecified atom stereocenters. The molecule has 1 atom stereocenters. The third-order valence-corrected chi connectivity index (χ3v) is 2.49. The maximum absolute atomic E-state index is 9.81. The molecular weight excluding hydrogens is 188 g/mol. The van der Waals surface area contributed by atoms with Crippen molar-refractivity contribution in [3.63, 3.8) is 0 Å². The predicted molar refractivity (Wildman–Crippen MR) is 50.6 cm³/mol. The van der Waals surface area contributed by atoms with Crippen molar-refractivity contribution in [3.05, 3.63) is 34.8 Å². The van der Waals surface area contributed by atoms with Crippen LogP contribution >= 0.6 is 11.6 Å². The van der Waals surface area contributed by atoms with Crippen LogP contribution in [0.15, 0.2) is 28.2 Å². The van der Waals surface area contributed by atoms with Gasteiger partial charge < -0.3 is 9.52 Å². The van der Waals surface area contributed by atoms with Crippen molar-refractivity contribution in [2.24, 2.45) is 0 Å². The summed E-state index contributed by atoms with van der Waals surface area (Å²) in [5.74, 6) is 0.540. The molecule has 3 heteroatoms. The number of hydrogen-bond donors (Lipinski definition) is 1.